The molecule has 1 heterocycles. The highest BCUT2D eigenvalue weighted by Crippen LogP contribution is 2.19. The molecule has 0 radical (unpaired) electrons. The zero-order valence-corrected chi connectivity index (χ0v) is 13.9. The summed E-state index contributed by atoms with van der Waals surface area (Å²) in [7, 11) is 2.24. The van der Waals surface area contributed by atoms with Crippen molar-refractivity contribution in [1.29, 1.82) is 0 Å². The molecular formula is C20H26N2O. The second-order valence-corrected chi connectivity index (χ2v) is 6.60. The first-order valence-corrected chi connectivity index (χ1v) is 8.45. The number of likely N-dealkylation sites (tertiary alicyclic amines) is 1. The number of benzene rings is 2. The van der Waals surface area contributed by atoms with Crippen molar-refractivity contribution in [1.82, 2.24) is 9.80 Å². The smallest absolute Gasteiger partial charge is 0.115 e. The Morgan fingerprint density at radius 2 is 1.78 bits per heavy atom. The predicted octanol–water partition coefficient (Wildman–Crippen LogP) is 3.49. The summed E-state index contributed by atoms with van der Waals surface area (Å²) in [6, 6.07) is 18.9. The number of hydrogen-bond donors (Lipinski definition) is 1. The molecule has 0 spiro atoms. The highest BCUT2D eigenvalue weighted by atomic mass is 16.3. The van der Waals surface area contributed by atoms with Crippen LogP contribution < -0.4 is 0 Å². The molecule has 1 N–H and O–H groups in total. The van der Waals surface area contributed by atoms with Gasteiger partial charge in [0.15, 0.2) is 0 Å². The third kappa shape index (κ3) is 4.57. The number of phenolic OH excluding ortho intramolecular Hbond substituents is 1. The Labute approximate surface area is 139 Å². The van der Waals surface area contributed by atoms with Gasteiger partial charge in [0.2, 0.25) is 0 Å². The number of nitrogens with zero attached hydrogens (tertiary/aromatic N) is 2. The Morgan fingerprint density at radius 3 is 2.52 bits per heavy atom. The summed E-state index contributed by atoms with van der Waals surface area (Å²) in [5, 5.41) is 9.40. The van der Waals surface area contributed by atoms with Gasteiger partial charge in [-0.15, -0.1) is 0 Å². The van der Waals surface area contributed by atoms with Crippen LogP contribution >= 0.6 is 0 Å². The van der Waals surface area contributed by atoms with E-state index in [1.54, 1.807) is 12.1 Å². The summed E-state index contributed by atoms with van der Waals surface area (Å²) in [5.41, 5.74) is 2.65. The van der Waals surface area contributed by atoms with E-state index in [-0.39, 0.29) is 0 Å². The van der Waals surface area contributed by atoms with Crippen molar-refractivity contribution in [2.75, 3.05) is 20.1 Å². The van der Waals surface area contributed by atoms with E-state index in [0.29, 0.717) is 11.8 Å². The number of aromatic hydroxyl groups is 1. The third-order valence-electron chi connectivity index (χ3n) is 4.72. The van der Waals surface area contributed by atoms with Crippen LogP contribution in [-0.4, -0.2) is 41.1 Å². The van der Waals surface area contributed by atoms with Gasteiger partial charge in [0.25, 0.3) is 0 Å². The van der Waals surface area contributed by atoms with Gasteiger partial charge in [0.1, 0.15) is 5.75 Å². The molecule has 0 bridgehead atoms. The summed E-state index contributed by atoms with van der Waals surface area (Å²) in [4.78, 5) is 5.01. The molecular weight excluding hydrogens is 284 g/mol. The molecule has 2 aromatic rings. The van der Waals surface area contributed by atoms with Crippen molar-refractivity contribution in [2.24, 2.45) is 0 Å². The van der Waals surface area contributed by atoms with Crippen LogP contribution in [0.3, 0.4) is 0 Å². The van der Waals surface area contributed by atoms with Gasteiger partial charge in [-0.3, -0.25) is 9.80 Å². The van der Waals surface area contributed by atoms with Crippen molar-refractivity contribution < 1.29 is 5.11 Å². The minimum absolute atomic E-state index is 0.341. The predicted molar refractivity (Wildman–Crippen MR) is 94.3 cm³/mol. The van der Waals surface area contributed by atoms with E-state index in [4.69, 9.17) is 0 Å². The fraction of sp³-hybridized carbons (Fsp3) is 0.400. The lowest BCUT2D eigenvalue weighted by molar-refractivity contribution is 0.107. The van der Waals surface area contributed by atoms with Crippen LogP contribution in [-0.2, 0) is 13.1 Å². The van der Waals surface area contributed by atoms with E-state index in [9.17, 15) is 5.11 Å². The number of rotatable bonds is 5. The lowest BCUT2D eigenvalue weighted by atomic mass is 10.0. The molecule has 1 saturated heterocycles. The monoisotopic (exact) mass is 310 g/mol. The lowest BCUT2D eigenvalue weighted by Gasteiger charge is -2.37. The number of phenols is 1. The number of likely N-dealkylation sites (N-methyl/N-ethyl adjacent to an activating group) is 1. The molecule has 1 aliphatic rings. The zero-order valence-electron chi connectivity index (χ0n) is 13.9. The zero-order chi connectivity index (χ0) is 16.1. The van der Waals surface area contributed by atoms with Gasteiger partial charge in [-0.1, -0.05) is 42.5 Å². The molecule has 0 saturated carbocycles. The molecule has 3 rings (SSSR count). The van der Waals surface area contributed by atoms with Crippen molar-refractivity contribution >= 4 is 0 Å². The Kier molecular flexibility index (Phi) is 5.31. The molecule has 1 atom stereocenters. The first kappa shape index (κ1) is 16.0. The van der Waals surface area contributed by atoms with Crippen molar-refractivity contribution in [2.45, 2.75) is 32.0 Å². The molecule has 0 amide bonds. The molecule has 3 heteroatoms. The Hall–Kier alpha value is -1.84. The number of hydrogen-bond acceptors (Lipinski definition) is 3. The van der Waals surface area contributed by atoms with Gasteiger partial charge in [-0.25, -0.2) is 0 Å². The largest absolute Gasteiger partial charge is 0.508 e. The summed E-state index contributed by atoms with van der Waals surface area (Å²) in [6.07, 6.45) is 2.53. The highest BCUT2D eigenvalue weighted by Gasteiger charge is 2.23. The Balaban J connectivity index is 1.56. The average molecular weight is 310 g/mol. The second-order valence-electron chi connectivity index (χ2n) is 6.60. The van der Waals surface area contributed by atoms with E-state index >= 15 is 0 Å². The fourth-order valence-corrected chi connectivity index (χ4v) is 3.39. The van der Waals surface area contributed by atoms with Crippen molar-refractivity contribution in [3.8, 4) is 5.75 Å². The van der Waals surface area contributed by atoms with Crippen LogP contribution in [0, 0.1) is 0 Å². The standard InChI is InChI=1S/C20H26N2O/c1-21(14-17-6-3-2-4-7-17)19-8-5-13-22(16-19)15-18-9-11-20(23)12-10-18/h2-4,6-7,9-12,19,23H,5,8,13-16H2,1H3/t19-/m0/s1. The molecule has 0 aliphatic carbocycles. The van der Waals surface area contributed by atoms with Crippen molar-refractivity contribution in [3.05, 3.63) is 65.7 Å². The molecule has 0 unspecified atom stereocenters. The lowest BCUT2D eigenvalue weighted by Crippen LogP contribution is -2.45. The van der Waals surface area contributed by atoms with Gasteiger partial charge in [0, 0.05) is 25.7 Å². The van der Waals surface area contributed by atoms with E-state index in [0.717, 1.165) is 26.2 Å². The van der Waals surface area contributed by atoms with Crippen LogP contribution in [0.25, 0.3) is 0 Å². The summed E-state index contributed by atoms with van der Waals surface area (Å²) < 4.78 is 0. The molecule has 23 heavy (non-hydrogen) atoms. The minimum Gasteiger partial charge on any atom is -0.508 e. The third-order valence-corrected chi connectivity index (χ3v) is 4.72. The van der Waals surface area contributed by atoms with Gasteiger partial charge in [0.05, 0.1) is 0 Å². The van der Waals surface area contributed by atoms with Crippen LogP contribution in [0.5, 0.6) is 5.75 Å². The van der Waals surface area contributed by atoms with Crippen LogP contribution in [0.1, 0.15) is 24.0 Å². The van der Waals surface area contributed by atoms with Gasteiger partial charge in [-0.05, 0) is 49.7 Å². The normalized spacial score (nSPS) is 19.1. The van der Waals surface area contributed by atoms with E-state index in [1.165, 1.54) is 24.0 Å². The van der Waals surface area contributed by atoms with Crippen LogP contribution in [0.4, 0.5) is 0 Å². The molecule has 0 aromatic heterocycles. The van der Waals surface area contributed by atoms with E-state index < -0.39 is 0 Å². The van der Waals surface area contributed by atoms with Crippen LogP contribution in [0.15, 0.2) is 54.6 Å². The molecule has 1 fully saturated rings. The minimum atomic E-state index is 0.341. The maximum Gasteiger partial charge on any atom is 0.115 e. The van der Waals surface area contributed by atoms with Gasteiger partial charge in [-0.2, -0.15) is 0 Å². The summed E-state index contributed by atoms with van der Waals surface area (Å²) in [5.74, 6) is 0.341. The van der Waals surface area contributed by atoms with Crippen LogP contribution in [0.2, 0.25) is 0 Å². The molecule has 2 aromatic carbocycles. The first-order valence-electron chi connectivity index (χ1n) is 8.45. The Morgan fingerprint density at radius 1 is 1.04 bits per heavy atom. The molecule has 1 aliphatic heterocycles. The first-order chi connectivity index (χ1) is 11.2. The quantitative estimate of drug-likeness (QED) is 0.916. The number of piperidine rings is 1. The molecule has 122 valence electrons. The second kappa shape index (κ2) is 7.62. The van der Waals surface area contributed by atoms with Crippen molar-refractivity contribution in [3.63, 3.8) is 0 Å². The summed E-state index contributed by atoms with van der Waals surface area (Å²) in [6.45, 7) is 4.26. The van der Waals surface area contributed by atoms with E-state index in [2.05, 4.69) is 47.2 Å². The molecule has 3 nitrogen and oxygen atoms in total. The maximum atomic E-state index is 9.40. The van der Waals surface area contributed by atoms with Gasteiger partial charge < -0.3 is 5.11 Å². The fourth-order valence-electron chi connectivity index (χ4n) is 3.39. The summed E-state index contributed by atoms with van der Waals surface area (Å²) >= 11 is 0. The highest BCUT2D eigenvalue weighted by molar-refractivity contribution is 5.25. The topological polar surface area (TPSA) is 26.7 Å². The van der Waals surface area contributed by atoms with E-state index in [1.807, 2.05) is 12.1 Å². The Bertz CT molecular complexity index is 597. The maximum absolute atomic E-state index is 9.40. The SMILES string of the molecule is CN(Cc1ccccc1)[C@H]1CCCN(Cc2ccc(O)cc2)C1. The van der Waals surface area contributed by atoms with Gasteiger partial charge >= 0.3 is 0 Å². The average Bonchev–Trinajstić information content (AvgIpc) is 2.58.